The molecule has 5 rings (SSSR count). The molecule has 1 fully saturated rings. The smallest absolute Gasteiger partial charge is 0.224 e. The highest BCUT2D eigenvalue weighted by Crippen LogP contribution is 2.20. The number of fused-ring (bicyclic) bond motifs is 2. The molecule has 9 nitrogen and oxygen atoms in total. The fraction of sp³-hybridized carbons (Fsp3) is 0.368. The number of benzene rings is 1. The normalized spacial score (nSPS) is 15.4. The molecule has 1 aromatic carbocycles. The maximum Gasteiger partial charge on any atom is 0.224 e. The molecule has 1 aliphatic rings. The van der Waals surface area contributed by atoms with E-state index in [1.54, 1.807) is 12.5 Å². The van der Waals surface area contributed by atoms with Crippen LogP contribution in [0.2, 0.25) is 0 Å². The number of ether oxygens (including phenoxy) is 1. The highest BCUT2D eigenvalue weighted by Gasteiger charge is 2.11. The Kier molecular flexibility index (Phi) is 4.59. The fourth-order valence-electron chi connectivity index (χ4n) is 3.49. The average Bonchev–Trinajstić information content (AvgIpc) is 3.38. The molecule has 4 heterocycles. The summed E-state index contributed by atoms with van der Waals surface area (Å²) in [5.74, 6) is 0.626. The third-order valence-corrected chi connectivity index (χ3v) is 5.03. The minimum atomic E-state index is 0.626. The summed E-state index contributed by atoms with van der Waals surface area (Å²) in [7, 11) is 0. The molecule has 28 heavy (non-hydrogen) atoms. The van der Waals surface area contributed by atoms with Gasteiger partial charge in [-0.25, -0.2) is 9.97 Å². The summed E-state index contributed by atoms with van der Waals surface area (Å²) < 4.78 is 7.36. The summed E-state index contributed by atoms with van der Waals surface area (Å²) in [4.78, 5) is 15.9. The van der Waals surface area contributed by atoms with E-state index in [-0.39, 0.29) is 0 Å². The van der Waals surface area contributed by atoms with Gasteiger partial charge in [0, 0.05) is 30.7 Å². The Labute approximate surface area is 161 Å². The number of nitrogens with one attached hydrogen (secondary N) is 2. The van der Waals surface area contributed by atoms with Crippen LogP contribution in [0.25, 0.3) is 27.8 Å². The molecule has 144 valence electrons. The summed E-state index contributed by atoms with van der Waals surface area (Å²) in [6.45, 7) is 5.59. The van der Waals surface area contributed by atoms with Crippen molar-refractivity contribution in [2.75, 3.05) is 44.7 Å². The molecule has 2 N–H and O–H groups in total. The molecule has 0 aliphatic carbocycles. The summed E-state index contributed by atoms with van der Waals surface area (Å²) in [6.07, 6.45) is 6.40. The van der Waals surface area contributed by atoms with Gasteiger partial charge >= 0.3 is 0 Å². The molecular formula is C19H22N8O. The number of morpholine rings is 1. The van der Waals surface area contributed by atoms with E-state index in [0.717, 1.165) is 73.6 Å². The van der Waals surface area contributed by atoms with Gasteiger partial charge in [-0.3, -0.25) is 14.6 Å². The summed E-state index contributed by atoms with van der Waals surface area (Å²) >= 11 is 0. The van der Waals surface area contributed by atoms with Gasteiger partial charge in [0.15, 0.2) is 5.65 Å². The first-order chi connectivity index (χ1) is 13.9. The number of nitrogens with zero attached hydrogens (tertiary/aromatic N) is 6. The van der Waals surface area contributed by atoms with Crippen LogP contribution in [0.15, 0.2) is 36.9 Å². The fourth-order valence-corrected chi connectivity index (χ4v) is 3.49. The molecule has 9 heteroatoms. The largest absolute Gasteiger partial charge is 0.379 e. The van der Waals surface area contributed by atoms with Gasteiger partial charge in [-0.15, -0.1) is 0 Å². The number of hydrogen-bond acceptors (Lipinski definition) is 7. The summed E-state index contributed by atoms with van der Waals surface area (Å²) in [6, 6.07) is 6.10. The maximum atomic E-state index is 5.38. The molecule has 0 spiro atoms. The van der Waals surface area contributed by atoms with Gasteiger partial charge in [-0.2, -0.15) is 10.1 Å². The van der Waals surface area contributed by atoms with E-state index in [2.05, 4.69) is 41.4 Å². The van der Waals surface area contributed by atoms with Crippen LogP contribution in [-0.4, -0.2) is 74.0 Å². The Morgan fingerprint density at radius 2 is 2.07 bits per heavy atom. The molecule has 1 saturated heterocycles. The second-order valence-electron chi connectivity index (χ2n) is 6.89. The van der Waals surface area contributed by atoms with Gasteiger partial charge in [-0.05, 0) is 31.2 Å². The van der Waals surface area contributed by atoms with Gasteiger partial charge < -0.3 is 10.1 Å². The zero-order valence-electron chi connectivity index (χ0n) is 15.5. The van der Waals surface area contributed by atoms with Crippen molar-refractivity contribution in [3.8, 4) is 5.69 Å². The lowest BCUT2D eigenvalue weighted by Gasteiger charge is -2.26. The third kappa shape index (κ3) is 3.41. The molecule has 3 aromatic heterocycles. The lowest BCUT2D eigenvalue weighted by molar-refractivity contribution is 0.0378. The van der Waals surface area contributed by atoms with Crippen molar-refractivity contribution in [2.24, 2.45) is 0 Å². The molecular weight excluding hydrogens is 356 g/mol. The highest BCUT2D eigenvalue weighted by atomic mass is 16.5. The molecule has 0 saturated carbocycles. The zero-order valence-corrected chi connectivity index (χ0v) is 15.5. The molecule has 0 bridgehead atoms. The number of hydrogen-bond donors (Lipinski definition) is 2. The second kappa shape index (κ2) is 7.53. The number of aromatic amines is 1. The minimum absolute atomic E-state index is 0.626. The van der Waals surface area contributed by atoms with E-state index in [1.807, 2.05) is 22.9 Å². The van der Waals surface area contributed by atoms with Crippen LogP contribution in [-0.2, 0) is 4.74 Å². The Morgan fingerprint density at radius 3 is 3.00 bits per heavy atom. The van der Waals surface area contributed by atoms with Crippen molar-refractivity contribution >= 4 is 28.0 Å². The number of aromatic nitrogens is 6. The Morgan fingerprint density at radius 1 is 1.14 bits per heavy atom. The Hall–Kier alpha value is -3.04. The first-order valence-electron chi connectivity index (χ1n) is 9.54. The first-order valence-corrected chi connectivity index (χ1v) is 9.54. The van der Waals surface area contributed by atoms with E-state index in [9.17, 15) is 0 Å². The van der Waals surface area contributed by atoms with Gasteiger partial charge in [-0.1, -0.05) is 0 Å². The molecule has 0 atom stereocenters. The number of anilines is 1. The Bertz CT molecular complexity index is 1080. The third-order valence-electron chi connectivity index (χ3n) is 5.03. The van der Waals surface area contributed by atoms with Crippen LogP contribution in [0, 0.1) is 0 Å². The molecule has 4 aromatic rings. The number of imidazole rings is 1. The van der Waals surface area contributed by atoms with Crippen molar-refractivity contribution < 1.29 is 4.74 Å². The van der Waals surface area contributed by atoms with Crippen molar-refractivity contribution in [1.29, 1.82) is 0 Å². The van der Waals surface area contributed by atoms with E-state index in [4.69, 9.17) is 4.74 Å². The summed E-state index contributed by atoms with van der Waals surface area (Å²) in [5, 5.41) is 11.4. The van der Waals surface area contributed by atoms with Gasteiger partial charge in [0.1, 0.15) is 11.8 Å². The standard InChI is InChI=1S/C19H22N8O/c1(5-26-6-8-28-9-7-26)4-20-19-21-12-17-18(24-19)27(13-22-17)15-2-3-16-14(10-15)11-23-25-16/h2-3,10-13H,1,4-9H2,(H,23,25)(H,20,21,24). The predicted octanol–water partition coefficient (Wildman–Crippen LogP) is 1.83. The quantitative estimate of drug-likeness (QED) is 0.494. The molecule has 0 radical (unpaired) electrons. The lowest BCUT2D eigenvalue weighted by Crippen LogP contribution is -2.37. The summed E-state index contributed by atoms with van der Waals surface area (Å²) in [5.41, 5.74) is 3.55. The topological polar surface area (TPSA) is 96.8 Å². The van der Waals surface area contributed by atoms with Crippen LogP contribution in [0.5, 0.6) is 0 Å². The first kappa shape index (κ1) is 17.1. The van der Waals surface area contributed by atoms with Crippen molar-refractivity contribution in [3.63, 3.8) is 0 Å². The zero-order chi connectivity index (χ0) is 18.8. The van der Waals surface area contributed by atoms with E-state index in [0.29, 0.717) is 5.95 Å². The van der Waals surface area contributed by atoms with Crippen molar-refractivity contribution in [1.82, 2.24) is 34.6 Å². The second-order valence-corrected chi connectivity index (χ2v) is 6.89. The van der Waals surface area contributed by atoms with Crippen molar-refractivity contribution in [2.45, 2.75) is 6.42 Å². The van der Waals surface area contributed by atoms with Gasteiger partial charge in [0.05, 0.1) is 31.1 Å². The lowest BCUT2D eigenvalue weighted by atomic mass is 10.2. The Balaban J connectivity index is 1.30. The van der Waals surface area contributed by atoms with E-state index >= 15 is 0 Å². The van der Waals surface area contributed by atoms with Crippen LogP contribution < -0.4 is 5.32 Å². The van der Waals surface area contributed by atoms with Gasteiger partial charge in [0.25, 0.3) is 0 Å². The number of rotatable bonds is 6. The van der Waals surface area contributed by atoms with Crippen LogP contribution in [0.3, 0.4) is 0 Å². The van der Waals surface area contributed by atoms with Crippen LogP contribution >= 0.6 is 0 Å². The predicted molar refractivity (Wildman–Crippen MR) is 107 cm³/mol. The molecule has 0 amide bonds. The average molecular weight is 378 g/mol. The van der Waals surface area contributed by atoms with E-state index < -0.39 is 0 Å². The van der Waals surface area contributed by atoms with Crippen LogP contribution in [0.1, 0.15) is 6.42 Å². The monoisotopic (exact) mass is 378 g/mol. The van der Waals surface area contributed by atoms with Gasteiger partial charge in [0.2, 0.25) is 5.95 Å². The highest BCUT2D eigenvalue weighted by molar-refractivity contribution is 5.81. The minimum Gasteiger partial charge on any atom is -0.379 e. The number of H-pyrrole nitrogens is 1. The SMILES string of the molecule is c1cc2[nH]ncc2cc1-n1cnc2cnc(NCCCN3CCOCC3)nc21. The van der Waals surface area contributed by atoms with Crippen LogP contribution in [0.4, 0.5) is 5.95 Å². The molecule has 0 unspecified atom stereocenters. The van der Waals surface area contributed by atoms with E-state index in [1.165, 1.54) is 0 Å². The van der Waals surface area contributed by atoms with Crippen molar-refractivity contribution in [3.05, 3.63) is 36.9 Å². The molecule has 1 aliphatic heterocycles. The maximum absolute atomic E-state index is 5.38.